The van der Waals surface area contributed by atoms with Crippen molar-refractivity contribution in [2.45, 2.75) is 32.1 Å². The van der Waals surface area contributed by atoms with Crippen LogP contribution in [0.15, 0.2) is 54.6 Å². The number of aryl methyl sites for hydroxylation is 1. The second-order valence-electron chi connectivity index (χ2n) is 6.64. The largest absolute Gasteiger partial charge is 0.343 e. The first-order valence-electron chi connectivity index (χ1n) is 8.77. The number of nitrogens with zero attached hydrogens (tertiary/aromatic N) is 1. The van der Waals surface area contributed by atoms with Gasteiger partial charge in [0, 0.05) is 19.5 Å². The van der Waals surface area contributed by atoms with E-state index in [0.717, 1.165) is 37.9 Å². The van der Waals surface area contributed by atoms with E-state index in [1.54, 1.807) is 12.1 Å². The number of likely N-dealkylation sites (tertiary alicyclic amines) is 1. The summed E-state index contributed by atoms with van der Waals surface area (Å²) >= 11 is 0. The van der Waals surface area contributed by atoms with Gasteiger partial charge in [0.15, 0.2) is 0 Å². The molecule has 0 bridgehead atoms. The van der Waals surface area contributed by atoms with E-state index in [1.165, 1.54) is 17.7 Å². The monoisotopic (exact) mass is 325 g/mol. The molecule has 0 unspecified atom stereocenters. The summed E-state index contributed by atoms with van der Waals surface area (Å²) in [5, 5.41) is 0. The van der Waals surface area contributed by atoms with Gasteiger partial charge in [-0.05, 0) is 54.9 Å². The molecule has 1 fully saturated rings. The van der Waals surface area contributed by atoms with Crippen LogP contribution >= 0.6 is 0 Å². The van der Waals surface area contributed by atoms with Gasteiger partial charge in [-0.3, -0.25) is 4.79 Å². The van der Waals surface area contributed by atoms with Gasteiger partial charge < -0.3 is 4.90 Å². The summed E-state index contributed by atoms with van der Waals surface area (Å²) in [4.78, 5) is 14.3. The molecule has 1 aliphatic rings. The molecule has 126 valence electrons. The molecule has 1 heterocycles. The van der Waals surface area contributed by atoms with E-state index in [4.69, 9.17) is 0 Å². The predicted octanol–water partition coefficient (Wildman–Crippen LogP) is 4.24. The zero-order chi connectivity index (χ0) is 16.8. The van der Waals surface area contributed by atoms with Crippen molar-refractivity contribution in [1.82, 2.24) is 4.90 Å². The Hall–Kier alpha value is -2.16. The lowest BCUT2D eigenvalue weighted by Crippen LogP contribution is -2.39. The van der Waals surface area contributed by atoms with Gasteiger partial charge in [-0.25, -0.2) is 4.39 Å². The lowest BCUT2D eigenvalue weighted by molar-refractivity contribution is -0.132. The SMILES string of the molecule is O=C(CCc1ccc(F)cc1)N1CCC(Cc2ccccc2)CC1. The van der Waals surface area contributed by atoms with Gasteiger partial charge in [0.2, 0.25) is 5.91 Å². The van der Waals surface area contributed by atoms with Gasteiger partial charge >= 0.3 is 0 Å². The molecule has 3 rings (SSSR count). The minimum atomic E-state index is -0.231. The number of hydrogen-bond donors (Lipinski definition) is 0. The molecular weight excluding hydrogens is 301 g/mol. The Labute approximate surface area is 143 Å². The maximum atomic E-state index is 12.9. The molecule has 2 nitrogen and oxygen atoms in total. The average Bonchev–Trinajstić information content (AvgIpc) is 2.62. The molecule has 1 aliphatic heterocycles. The maximum absolute atomic E-state index is 12.9. The number of rotatable bonds is 5. The molecule has 0 N–H and O–H groups in total. The molecule has 0 aliphatic carbocycles. The van der Waals surface area contributed by atoms with Crippen LogP contribution in [0.4, 0.5) is 4.39 Å². The number of carbonyl (C=O) groups excluding carboxylic acids is 1. The van der Waals surface area contributed by atoms with Crippen molar-refractivity contribution < 1.29 is 9.18 Å². The first-order chi connectivity index (χ1) is 11.7. The minimum Gasteiger partial charge on any atom is -0.343 e. The summed E-state index contributed by atoms with van der Waals surface area (Å²) in [5.74, 6) is 0.664. The minimum absolute atomic E-state index is 0.220. The van der Waals surface area contributed by atoms with Crippen molar-refractivity contribution in [1.29, 1.82) is 0 Å². The quantitative estimate of drug-likeness (QED) is 0.805. The van der Waals surface area contributed by atoms with Crippen LogP contribution in [0.25, 0.3) is 0 Å². The average molecular weight is 325 g/mol. The van der Waals surface area contributed by atoms with E-state index in [9.17, 15) is 9.18 Å². The third-order valence-corrected chi connectivity index (χ3v) is 4.88. The summed E-state index contributed by atoms with van der Waals surface area (Å²) in [6, 6.07) is 17.0. The third-order valence-electron chi connectivity index (χ3n) is 4.88. The number of benzene rings is 2. The summed E-state index contributed by atoms with van der Waals surface area (Å²) < 4.78 is 12.9. The molecule has 0 spiro atoms. The van der Waals surface area contributed by atoms with Crippen molar-refractivity contribution in [2.24, 2.45) is 5.92 Å². The van der Waals surface area contributed by atoms with E-state index in [-0.39, 0.29) is 11.7 Å². The summed E-state index contributed by atoms with van der Waals surface area (Å²) in [7, 11) is 0. The van der Waals surface area contributed by atoms with E-state index < -0.39 is 0 Å². The number of hydrogen-bond acceptors (Lipinski definition) is 1. The van der Waals surface area contributed by atoms with E-state index in [0.29, 0.717) is 18.8 Å². The fraction of sp³-hybridized carbons (Fsp3) is 0.381. The highest BCUT2D eigenvalue weighted by Crippen LogP contribution is 2.22. The van der Waals surface area contributed by atoms with Crippen molar-refractivity contribution >= 4 is 5.91 Å². The zero-order valence-electron chi connectivity index (χ0n) is 14.0. The van der Waals surface area contributed by atoms with Gasteiger partial charge in [-0.1, -0.05) is 42.5 Å². The predicted molar refractivity (Wildman–Crippen MR) is 94.2 cm³/mol. The highest BCUT2D eigenvalue weighted by Gasteiger charge is 2.22. The van der Waals surface area contributed by atoms with Crippen LogP contribution in [0, 0.1) is 11.7 Å². The standard InChI is InChI=1S/C21H24FNO/c22-20-9-6-17(7-10-20)8-11-21(24)23-14-12-19(13-15-23)16-18-4-2-1-3-5-18/h1-7,9-10,19H,8,11-16H2. The number of amides is 1. The van der Waals surface area contributed by atoms with Gasteiger partial charge in [0.25, 0.3) is 0 Å². The lowest BCUT2D eigenvalue weighted by Gasteiger charge is -2.32. The number of halogens is 1. The summed E-state index contributed by atoms with van der Waals surface area (Å²) in [5.41, 5.74) is 2.40. The molecule has 2 aromatic carbocycles. The van der Waals surface area contributed by atoms with E-state index >= 15 is 0 Å². The highest BCUT2D eigenvalue weighted by atomic mass is 19.1. The van der Waals surface area contributed by atoms with E-state index in [2.05, 4.69) is 24.3 Å². The second kappa shape index (κ2) is 8.09. The maximum Gasteiger partial charge on any atom is 0.222 e. The molecular formula is C21H24FNO. The Balaban J connectivity index is 1.42. The van der Waals surface area contributed by atoms with Gasteiger partial charge in [-0.15, -0.1) is 0 Å². The lowest BCUT2D eigenvalue weighted by atomic mass is 9.90. The van der Waals surface area contributed by atoms with Crippen molar-refractivity contribution in [3.8, 4) is 0 Å². The van der Waals surface area contributed by atoms with Gasteiger partial charge in [-0.2, -0.15) is 0 Å². The van der Waals surface area contributed by atoms with Crippen LogP contribution < -0.4 is 0 Å². The molecule has 1 saturated heterocycles. The van der Waals surface area contributed by atoms with Crippen LogP contribution in [0.3, 0.4) is 0 Å². The summed E-state index contributed by atoms with van der Waals surface area (Å²) in [6.07, 6.45) is 4.46. The van der Waals surface area contributed by atoms with Crippen LogP contribution in [-0.2, 0) is 17.6 Å². The van der Waals surface area contributed by atoms with Gasteiger partial charge in [0.1, 0.15) is 5.82 Å². The van der Waals surface area contributed by atoms with Gasteiger partial charge in [0.05, 0.1) is 0 Å². The highest BCUT2D eigenvalue weighted by molar-refractivity contribution is 5.76. The van der Waals surface area contributed by atoms with E-state index in [1.807, 2.05) is 11.0 Å². The zero-order valence-corrected chi connectivity index (χ0v) is 14.0. The fourth-order valence-electron chi connectivity index (χ4n) is 3.39. The molecule has 24 heavy (non-hydrogen) atoms. The molecule has 3 heteroatoms. The van der Waals surface area contributed by atoms with Crippen molar-refractivity contribution in [3.05, 3.63) is 71.5 Å². The van der Waals surface area contributed by atoms with Crippen LogP contribution in [0.2, 0.25) is 0 Å². The smallest absolute Gasteiger partial charge is 0.222 e. The number of carbonyl (C=O) groups is 1. The van der Waals surface area contributed by atoms with Crippen LogP contribution in [0.5, 0.6) is 0 Å². The third kappa shape index (κ3) is 4.67. The Morgan fingerprint density at radius 1 is 0.958 bits per heavy atom. The first-order valence-corrected chi connectivity index (χ1v) is 8.77. The molecule has 0 saturated carbocycles. The normalized spacial score (nSPS) is 15.5. The molecule has 2 aromatic rings. The summed E-state index contributed by atoms with van der Waals surface area (Å²) in [6.45, 7) is 1.72. The van der Waals surface area contributed by atoms with Crippen molar-refractivity contribution in [3.63, 3.8) is 0 Å². The van der Waals surface area contributed by atoms with Crippen LogP contribution in [0.1, 0.15) is 30.4 Å². The Morgan fingerprint density at radius 3 is 2.29 bits per heavy atom. The molecule has 0 atom stereocenters. The Bertz CT molecular complexity index is 645. The Morgan fingerprint density at radius 2 is 1.62 bits per heavy atom. The second-order valence-corrected chi connectivity index (χ2v) is 6.64. The first kappa shape index (κ1) is 16.7. The topological polar surface area (TPSA) is 20.3 Å². The molecule has 1 amide bonds. The molecule has 0 aromatic heterocycles. The van der Waals surface area contributed by atoms with Crippen molar-refractivity contribution in [2.75, 3.05) is 13.1 Å². The van der Waals surface area contributed by atoms with Crippen LogP contribution in [-0.4, -0.2) is 23.9 Å². The fourth-order valence-corrected chi connectivity index (χ4v) is 3.39. The number of piperidine rings is 1. The Kier molecular flexibility index (Phi) is 5.63. The molecule has 0 radical (unpaired) electrons.